The smallest absolute Gasteiger partial charge is 0.253 e. The van der Waals surface area contributed by atoms with Gasteiger partial charge in [0.1, 0.15) is 0 Å². The number of anilines is 1. The van der Waals surface area contributed by atoms with E-state index in [4.69, 9.17) is 23.8 Å². The Hall–Kier alpha value is -3.84. The maximum absolute atomic E-state index is 12.9. The van der Waals surface area contributed by atoms with Gasteiger partial charge in [-0.1, -0.05) is 59.9 Å². The van der Waals surface area contributed by atoms with E-state index in [1.54, 1.807) is 12.1 Å². The lowest BCUT2D eigenvalue weighted by atomic mass is 10.0. The fourth-order valence-electron chi connectivity index (χ4n) is 4.01. The van der Waals surface area contributed by atoms with Gasteiger partial charge in [0.15, 0.2) is 5.69 Å². The first-order chi connectivity index (χ1) is 20.1. The van der Waals surface area contributed by atoms with Crippen LogP contribution < -0.4 is 33.1 Å². The van der Waals surface area contributed by atoms with Crippen LogP contribution in [0.25, 0.3) is 28.1 Å². The van der Waals surface area contributed by atoms with Crippen molar-refractivity contribution in [3.63, 3.8) is 0 Å². The second-order valence-corrected chi connectivity index (χ2v) is 13.9. The molecule has 0 saturated carbocycles. The van der Waals surface area contributed by atoms with Crippen LogP contribution in [0.2, 0.25) is 0 Å². The molecule has 0 radical (unpaired) electrons. The van der Waals surface area contributed by atoms with Crippen LogP contribution in [-0.4, -0.2) is 27.0 Å². The van der Waals surface area contributed by atoms with Gasteiger partial charge in [0.05, 0.1) is 4.90 Å². The summed E-state index contributed by atoms with van der Waals surface area (Å²) in [5.74, 6) is 0. The summed E-state index contributed by atoms with van der Waals surface area (Å²) in [4.78, 5) is -0.0194. The predicted octanol–water partition coefficient (Wildman–Crippen LogP) is -0.851. The highest BCUT2D eigenvalue weighted by molar-refractivity contribution is 7.93. The highest BCUT2D eigenvalue weighted by atomic mass is 35.7. The second-order valence-electron chi connectivity index (χ2n) is 8.73. The number of pyridine rings is 1. The van der Waals surface area contributed by atoms with E-state index in [1.807, 2.05) is 55.5 Å². The molecule has 17 heteroatoms. The first-order valence-electron chi connectivity index (χ1n) is 11.9. The third-order valence-corrected chi connectivity index (χ3v) is 9.34. The van der Waals surface area contributed by atoms with Crippen molar-refractivity contribution in [2.24, 2.45) is 5.14 Å². The lowest BCUT2D eigenvalue weighted by Gasteiger charge is -2.17. The van der Waals surface area contributed by atoms with E-state index < -0.39 is 34.6 Å². The van der Waals surface area contributed by atoms with Crippen LogP contribution in [0.5, 0.6) is 0 Å². The summed E-state index contributed by atoms with van der Waals surface area (Å²) < 4.78 is 86.5. The molecule has 224 valence electrons. The van der Waals surface area contributed by atoms with Gasteiger partial charge in [0.25, 0.3) is 20.0 Å². The van der Waals surface area contributed by atoms with Crippen LogP contribution >= 0.6 is 11.3 Å². The molecule has 3 N–H and O–H groups in total. The van der Waals surface area contributed by atoms with Gasteiger partial charge in [0.2, 0.25) is 20.9 Å². The van der Waals surface area contributed by atoms with E-state index in [0.717, 1.165) is 33.8 Å². The van der Waals surface area contributed by atoms with Crippen molar-refractivity contribution >= 4 is 36.5 Å². The van der Waals surface area contributed by atoms with E-state index in [9.17, 15) is 16.8 Å². The second kappa shape index (κ2) is 12.8. The zero-order valence-corrected chi connectivity index (χ0v) is 25.2. The van der Waals surface area contributed by atoms with Gasteiger partial charge in [-0.2, -0.15) is 4.57 Å². The number of sulfonamides is 2. The largest absolute Gasteiger partial charge is 0.267 e. The Bertz CT molecular complexity index is 1930. The number of nitrogens with two attached hydrogens (primary N) is 1. The minimum atomic E-state index is -4.94. The molecule has 0 unspecified atom stereocenters. The molecular formula is C26H22ClN5O8S3. The van der Waals surface area contributed by atoms with Crippen molar-refractivity contribution in [3.05, 3.63) is 103 Å². The Morgan fingerprint density at radius 3 is 1.81 bits per heavy atom. The van der Waals surface area contributed by atoms with Gasteiger partial charge in [0, 0.05) is 36.8 Å². The predicted molar refractivity (Wildman–Crippen MR) is 146 cm³/mol. The fraction of sp³-hybridized carbons (Fsp3) is 0.0385. The average Bonchev–Trinajstić information content (AvgIpc) is 3.41. The van der Waals surface area contributed by atoms with Gasteiger partial charge < -0.3 is 0 Å². The standard InChI is InChI=1S/C26H22N5O4S3.ClHO4/c1-18-16-21(19-8-4-2-5-9-19)17-24(20-10-6-3-7-11-20)31(18)22-12-14-23(15-13-22)38(34,35)30-25-28-29-26(36-25)37(27,32)33;2-1(3,4)5/h2-17H,1H3,(H,28,30)(H2,27,32,33);(H,2,3,4,5)/q+1;/p-1. The van der Waals surface area contributed by atoms with Crippen molar-refractivity contribution in [2.45, 2.75) is 16.2 Å². The fourth-order valence-corrected chi connectivity index (χ4v) is 6.57. The third kappa shape index (κ3) is 8.60. The van der Waals surface area contributed by atoms with E-state index >= 15 is 0 Å². The van der Waals surface area contributed by atoms with Crippen LogP contribution in [0.3, 0.4) is 0 Å². The number of nitrogens with zero attached hydrogens (tertiary/aromatic N) is 3. The molecule has 0 aliphatic rings. The zero-order valence-electron chi connectivity index (χ0n) is 22.0. The lowest BCUT2D eigenvalue weighted by molar-refractivity contribution is -2.00. The van der Waals surface area contributed by atoms with Crippen molar-refractivity contribution in [1.29, 1.82) is 0 Å². The summed E-state index contributed by atoms with van der Waals surface area (Å²) in [5.41, 5.74) is 5.85. The molecule has 0 saturated heterocycles. The molecule has 0 bridgehead atoms. The van der Waals surface area contributed by atoms with Crippen LogP contribution in [0.1, 0.15) is 5.69 Å². The SMILES string of the molecule is Cc1cc(-c2ccccc2)cc(-c2ccccc2)[n+]1-c1ccc(S(=O)(=O)Nc2nnc(S(N)(=O)=O)s2)cc1.[O-][Cl+3]([O-])([O-])[O-]. The van der Waals surface area contributed by atoms with E-state index in [-0.39, 0.29) is 10.0 Å². The average molecular weight is 664 g/mol. The lowest BCUT2D eigenvalue weighted by Crippen LogP contribution is -2.68. The number of aryl methyl sites for hydroxylation is 1. The first-order valence-corrected chi connectivity index (χ1v) is 17.0. The minimum absolute atomic E-state index is 0.0194. The van der Waals surface area contributed by atoms with Crippen molar-refractivity contribution in [1.82, 2.24) is 10.2 Å². The van der Waals surface area contributed by atoms with E-state index in [2.05, 4.69) is 43.8 Å². The van der Waals surface area contributed by atoms with Gasteiger partial charge in [-0.3, -0.25) is 4.72 Å². The van der Waals surface area contributed by atoms with Crippen LogP contribution in [0.15, 0.2) is 106 Å². The maximum atomic E-state index is 12.9. The number of nitrogens with one attached hydrogen (secondary N) is 1. The molecule has 13 nitrogen and oxygen atoms in total. The van der Waals surface area contributed by atoms with E-state index in [0.29, 0.717) is 11.3 Å². The number of primary sulfonamides is 1. The number of benzene rings is 3. The molecule has 0 atom stereocenters. The Morgan fingerprint density at radius 2 is 1.30 bits per heavy atom. The summed E-state index contributed by atoms with van der Waals surface area (Å²) in [6, 6.07) is 30.6. The third-order valence-electron chi connectivity index (χ3n) is 5.70. The highest BCUT2D eigenvalue weighted by Gasteiger charge is 2.24. The number of aromatic nitrogens is 3. The molecular weight excluding hydrogens is 642 g/mol. The van der Waals surface area contributed by atoms with Gasteiger partial charge in [-0.15, -0.1) is 20.4 Å². The van der Waals surface area contributed by atoms with Gasteiger partial charge in [-0.25, -0.2) is 40.6 Å². The molecule has 2 heterocycles. The molecule has 3 aromatic carbocycles. The summed E-state index contributed by atoms with van der Waals surface area (Å²) >= 11 is 0.533. The minimum Gasteiger partial charge on any atom is -0.253 e. The quantitative estimate of drug-likeness (QED) is 0.205. The summed E-state index contributed by atoms with van der Waals surface area (Å²) in [7, 11) is -13.1. The maximum Gasteiger partial charge on any atom is 0.267 e. The summed E-state index contributed by atoms with van der Waals surface area (Å²) in [6.07, 6.45) is 0. The normalized spacial score (nSPS) is 11.9. The summed E-state index contributed by atoms with van der Waals surface area (Å²) in [5, 5.41) is 11.8. The Balaban J connectivity index is 0.000000782. The molecule has 5 aromatic rings. The monoisotopic (exact) mass is 663 g/mol. The Labute approximate surface area is 253 Å². The van der Waals surface area contributed by atoms with Crippen LogP contribution in [0.4, 0.5) is 5.13 Å². The first kappa shape index (κ1) is 32.1. The van der Waals surface area contributed by atoms with Crippen LogP contribution in [0, 0.1) is 17.2 Å². The Kier molecular flexibility index (Phi) is 9.55. The van der Waals surface area contributed by atoms with Crippen molar-refractivity contribution in [3.8, 4) is 28.1 Å². The highest BCUT2D eigenvalue weighted by Crippen LogP contribution is 2.27. The topological polar surface area (TPSA) is 228 Å². The van der Waals surface area contributed by atoms with Gasteiger partial charge in [-0.05, 0) is 35.4 Å². The number of hydrogen-bond acceptors (Lipinski definition) is 11. The molecule has 43 heavy (non-hydrogen) atoms. The molecule has 0 aliphatic heterocycles. The number of halogens is 1. The number of hydrogen-bond donors (Lipinski definition) is 2. The molecule has 2 aromatic heterocycles. The molecule has 0 spiro atoms. The summed E-state index contributed by atoms with van der Waals surface area (Å²) in [6.45, 7) is 2.00. The van der Waals surface area contributed by atoms with Crippen molar-refractivity contribution < 1.29 is 50.3 Å². The number of rotatable bonds is 7. The zero-order chi connectivity index (χ0) is 31.4. The van der Waals surface area contributed by atoms with Crippen LogP contribution in [-0.2, 0) is 20.0 Å². The molecule has 0 aliphatic carbocycles. The Morgan fingerprint density at radius 1 is 0.767 bits per heavy atom. The van der Waals surface area contributed by atoms with E-state index in [1.165, 1.54) is 12.1 Å². The molecule has 0 fully saturated rings. The molecule has 0 amide bonds. The molecule has 5 rings (SSSR count). The van der Waals surface area contributed by atoms with Gasteiger partial charge >= 0.3 is 0 Å². The van der Waals surface area contributed by atoms with Crippen molar-refractivity contribution in [2.75, 3.05) is 4.72 Å².